The molecule has 9 nitrogen and oxygen atoms in total. The van der Waals surface area contributed by atoms with E-state index in [9.17, 15) is 14.9 Å². The van der Waals surface area contributed by atoms with Crippen LogP contribution in [0.5, 0.6) is 5.75 Å². The lowest BCUT2D eigenvalue weighted by Gasteiger charge is -2.36. The molecular weight excluding hydrogens is 619 g/mol. The van der Waals surface area contributed by atoms with Gasteiger partial charge in [-0.2, -0.15) is 10.4 Å². The lowest BCUT2D eigenvalue weighted by Crippen LogP contribution is -2.36. The van der Waals surface area contributed by atoms with Gasteiger partial charge in [-0.15, -0.1) is 0 Å². The predicted molar refractivity (Wildman–Crippen MR) is 150 cm³/mol. The van der Waals surface area contributed by atoms with Crippen LogP contribution >= 0.6 is 34.2 Å². The number of nitriles is 1. The fourth-order valence-corrected chi connectivity index (χ4v) is 6.32. The number of anilines is 1. The van der Waals surface area contributed by atoms with Gasteiger partial charge in [0.05, 0.1) is 40.0 Å². The predicted octanol–water partition coefficient (Wildman–Crippen LogP) is 4.96. The third-order valence-corrected chi connectivity index (χ3v) is 8.05. The smallest absolute Gasteiger partial charge is 0.280 e. The average Bonchev–Trinajstić information content (AvgIpc) is 3.42. The van der Waals surface area contributed by atoms with Crippen LogP contribution < -0.4 is 15.2 Å². The molecule has 1 amide bonds. The number of methoxy groups -OCH3 is 1. The van der Waals surface area contributed by atoms with Crippen LogP contribution in [0.3, 0.4) is 0 Å². The van der Waals surface area contributed by atoms with Crippen LogP contribution in [0.25, 0.3) is 16.9 Å². The lowest BCUT2D eigenvalue weighted by atomic mass is 9.87. The number of hydrogen-bond donors (Lipinski definition) is 0. The number of rotatable bonds is 3. The summed E-state index contributed by atoms with van der Waals surface area (Å²) < 4.78 is 9.32. The number of aromatic nitrogens is 4. The molecule has 1 aromatic carbocycles. The molecular formula is C27H20ClIN6O3. The maximum Gasteiger partial charge on any atom is 0.280 e. The minimum atomic E-state index is -0.472. The number of ether oxygens (including phenoxy) is 1. The number of carbonyl (C=O) groups is 1. The van der Waals surface area contributed by atoms with Crippen molar-refractivity contribution in [2.24, 2.45) is 7.05 Å². The molecule has 0 bridgehead atoms. The molecule has 1 unspecified atom stereocenters. The van der Waals surface area contributed by atoms with Gasteiger partial charge in [-0.3, -0.25) is 14.5 Å². The molecule has 0 radical (unpaired) electrons. The summed E-state index contributed by atoms with van der Waals surface area (Å²) in [5, 5.41) is 14.8. The van der Waals surface area contributed by atoms with Crippen LogP contribution in [0.2, 0.25) is 5.02 Å². The van der Waals surface area contributed by atoms with E-state index in [2.05, 4.69) is 11.1 Å². The molecule has 0 fully saturated rings. The minimum absolute atomic E-state index is 0.0418. The molecule has 0 saturated carbocycles. The largest absolute Gasteiger partial charge is 0.493 e. The van der Waals surface area contributed by atoms with Crippen molar-refractivity contribution in [3.05, 3.63) is 83.7 Å². The zero-order valence-corrected chi connectivity index (χ0v) is 23.7. The van der Waals surface area contributed by atoms with Crippen molar-refractivity contribution in [1.29, 1.82) is 5.26 Å². The van der Waals surface area contributed by atoms with Crippen molar-refractivity contribution in [2.75, 3.05) is 12.0 Å². The van der Waals surface area contributed by atoms with Gasteiger partial charge in [0.15, 0.2) is 11.4 Å². The van der Waals surface area contributed by atoms with Gasteiger partial charge < -0.3 is 9.30 Å². The molecule has 0 N–H and O–H groups in total. The highest BCUT2D eigenvalue weighted by atomic mass is 127. The molecule has 6 rings (SSSR count). The Kier molecular flexibility index (Phi) is 5.62. The van der Waals surface area contributed by atoms with Crippen LogP contribution in [0.15, 0.2) is 41.3 Å². The molecule has 2 aliphatic heterocycles. The van der Waals surface area contributed by atoms with Crippen molar-refractivity contribution in [1.82, 2.24) is 19.3 Å². The molecule has 190 valence electrons. The summed E-state index contributed by atoms with van der Waals surface area (Å²) in [6, 6.07) is 10.5. The van der Waals surface area contributed by atoms with E-state index in [1.54, 1.807) is 39.4 Å². The highest BCUT2D eigenvalue weighted by Gasteiger charge is 2.49. The fourth-order valence-electron chi connectivity index (χ4n) is 5.49. The number of carbonyl (C=O) groups excluding carboxylic acids is 1. The molecule has 38 heavy (non-hydrogen) atoms. The summed E-state index contributed by atoms with van der Waals surface area (Å²) in [4.78, 5) is 32.9. The standard InChI is InChI=1S/C27H20ClIN6O3/c1-12(2)23-21-22(32-35(23)18-8-14(10-30)31-11-20(18)38-4)27(37)34-19-9-17(29)26(36)33(3)24(19)16-7-13(28)5-6-15(16)25(21)34/h5-9,11-12,25H,1-4H3. The number of hydrogen-bond acceptors (Lipinski definition) is 6. The Hall–Kier alpha value is -3.69. The van der Waals surface area contributed by atoms with Crippen LogP contribution in [0, 0.1) is 14.9 Å². The maximum absolute atomic E-state index is 14.1. The van der Waals surface area contributed by atoms with Gasteiger partial charge in [0, 0.05) is 29.3 Å². The fraction of sp³-hybridized carbons (Fsp3) is 0.222. The second kappa shape index (κ2) is 8.68. The third kappa shape index (κ3) is 3.28. The number of halogens is 2. The normalized spacial score (nSPS) is 15.2. The van der Waals surface area contributed by atoms with Crippen molar-refractivity contribution >= 4 is 45.8 Å². The van der Waals surface area contributed by atoms with Crippen LogP contribution in [0.1, 0.15) is 58.8 Å². The highest BCUT2D eigenvalue weighted by molar-refractivity contribution is 14.1. The molecule has 11 heteroatoms. The number of pyridine rings is 2. The number of benzene rings is 1. The SMILES string of the molecule is COc1cnc(C#N)cc1-n1nc2c(c1C(C)C)C1c3ccc(Cl)cc3-c3c(cc(I)c(=O)n3C)N1C2=O. The summed E-state index contributed by atoms with van der Waals surface area (Å²) in [5.41, 5.74) is 5.41. The van der Waals surface area contributed by atoms with Gasteiger partial charge in [-0.25, -0.2) is 9.67 Å². The van der Waals surface area contributed by atoms with E-state index in [1.165, 1.54) is 13.3 Å². The Morgan fingerprint density at radius 2 is 1.95 bits per heavy atom. The zero-order chi connectivity index (χ0) is 27.0. The zero-order valence-electron chi connectivity index (χ0n) is 20.8. The topological polar surface area (TPSA) is 106 Å². The monoisotopic (exact) mass is 638 g/mol. The summed E-state index contributed by atoms with van der Waals surface area (Å²) >= 11 is 8.44. The first kappa shape index (κ1) is 24.6. The van der Waals surface area contributed by atoms with Crippen molar-refractivity contribution < 1.29 is 9.53 Å². The Bertz CT molecular complexity index is 1800. The highest BCUT2D eigenvalue weighted by Crippen LogP contribution is 2.53. The number of amides is 1. The van der Waals surface area contributed by atoms with Crippen molar-refractivity contribution in [2.45, 2.75) is 25.8 Å². The summed E-state index contributed by atoms with van der Waals surface area (Å²) in [6.45, 7) is 4.07. The van der Waals surface area contributed by atoms with E-state index in [0.29, 0.717) is 37.1 Å². The van der Waals surface area contributed by atoms with E-state index in [4.69, 9.17) is 21.4 Å². The average molecular weight is 639 g/mol. The molecule has 1 atom stereocenters. The molecule has 0 spiro atoms. The Labute approximate surface area is 236 Å². The summed E-state index contributed by atoms with van der Waals surface area (Å²) in [5.74, 6) is 0.123. The molecule has 0 aliphatic carbocycles. The first-order valence-electron chi connectivity index (χ1n) is 11.8. The van der Waals surface area contributed by atoms with Gasteiger partial charge >= 0.3 is 0 Å². The van der Waals surface area contributed by atoms with Gasteiger partial charge in [0.25, 0.3) is 11.5 Å². The Morgan fingerprint density at radius 3 is 2.63 bits per heavy atom. The summed E-state index contributed by atoms with van der Waals surface area (Å²) in [7, 11) is 3.23. The Balaban J connectivity index is 1.69. The number of fused-ring (bicyclic) bond motifs is 8. The number of nitrogens with zero attached hydrogens (tertiary/aromatic N) is 6. The molecule has 2 aliphatic rings. The van der Waals surface area contributed by atoms with E-state index >= 15 is 0 Å². The van der Waals surface area contributed by atoms with E-state index in [1.807, 2.05) is 48.6 Å². The van der Waals surface area contributed by atoms with Crippen LogP contribution in [-0.4, -0.2) is 32.3 Å². The van der Waals surface area contributed by atoms with E-state index in [0.717, 1.165) is 22.4 Å². The van der Waals surface area contributed by atoms with E-state index < -0.39 is 6.04 Å². The van der Waals surface area contributed by atoms with Crippen molar-refractivity contribution in [3.63, 3.8) is 0 Å². The second-order valence-corrected chi connectivity index (χ2v) is 11.1. The van der Waals surface area contributed by atoms with Gasteiger partial charge in [-0.1, -0.05) is 31.5 Å². The van der Waals surface area contributed by atoms with Crippen LogP contribution in [0.4, 0.5) is 5.69 Å². The quantitative estimate of drug-likeness (QED) is 0.294. The minimum Gasteiger partial charge on any atom is -0.493 e. The van der Waals surface area contributed by atoms with Gasteiger partial charge in [0.2, 0.25) is 0 Å². The maximum atomic E-state index is 14.1. The molecule has 5 heterocycles. The molecule has 4 aromatic rings. The molecule has 0 saturated heterocycles. The first-order valence-corrected chi connectivity index (χ1v) is 13.2. The van der Waals surface area contributed by atoms with Gasteiger partial charge in [0.1, 0.15) is 17.5 Å². The van der Waals surface area contributed by atoms with Crippen LogP contribution in [-0.2, 0) is 7.05 Å². The first-order chi connectivity index (χ1) is 18.2. The third-order valence-electron chi connectivity index (χ3n) is 7.04. The van der Waals surface area contributed by atoms with Gasteiger partial charge in [-0.05, 0) is 52.3 Å². The van der Waals surface area contributed by atoms with Crippen molar-refractivity contribution in [3.8, 4) is 28.8 Å². The Morgan fingerprint density at radius 1 is 1.18 bits per heavy atom. The summed E-state index contributed by atoms with van der Waals surface area (Å²) in [6.07, 6.45) is 1.48. The lowest BCUT2D eigenvalue weighted by molar-refractivity contribution is 0.0988. The molecule has 3 aromatic heterocycles. The van der Waals surface area contributed by atoms with E-state index in [-0.39, 0.29) is 23.1 Å². The second-order valence-electron chi connectivity index (χ2n) is 9.47.